The molecular formula is C16H16F2N2O2. The van der Waals surface area contributed by atoms with Crippen LogP contribution < -0.4 is 5.56 Å². The van der Waals surface area contributed by atoms with Crippen molar-refractivity contribution in [2.24, 2.45) is 0 Å². The van der Waals surface area contributed by atoms with E-state index in [0.717, 1.165) is 37.1 Å². The Morgan fingerprint density at radius 2 is 2.05 bits per heavy atom. The van der Waals surface area contributed by atoms with E-state index in [9.17, 15) is 18.7 Å². The topological polar surface area (TPSA) is 55.1 Å². The van der Waals surface area contributed by atoms with Crippen LogP contribution in [0.1, 0.15) is 42.5 Å². The number of benzene rings is 1. The largest absolute Gasteiger partial charge is 0.387 e. The van der Waals surface area contributed by atoms with Gasteiger partial charge in [-0.1, -0.05) is 12.5 Å². The summed E-state index contributed by atoms with van der Waals surface area (Å²) in [6, 6.07) is 4.67. The Morgan fingerprint density at radius 1 is 1.27 bits per heavy atom. The molecule has 0 bridgehead atoms. The molecule has 1 aromatic heterocycles. The summed E-state index contributed by atoms with van der Waals surface area (Å²) in [7, 11) is 0. The fourth-order valence-electron chi connectivity index (χ4n) is 2.52. The number of nitrogens with zero attached hydrogens (tertiary/aromatic N) is 2. The van der Waals surface area contributed by atoms with E-state index >= 15 is 0 Å². The Labute approximate surface area is 126 Å². The highest BCUT2D eigenvalue weighted by Crippen LogP contribution is 2.34. The first kappa shape index (κ1) is 14.8. The van der Waals surface area contributed by atoms with Crippen LogP contribution in [0.2, 0.25) is 0 Å². The van der Waals surface area contributed by atoms with Crippen molar-refractivity contribution in [1.82, 2.24) is 9.55 Å². The van der Waals surface area contributed by atoms with Gasteiger partial charge in [0.1, 0.15) is 0 Å². The molecule has 0 saturated heterocycles. The molecule has 22 heavy (non-hydrogen) atoms. The highest BCUT2D eigenvalue weighted by molar-refractivity contribution is 5.20. The van der Waals surface area contributed by atoms with Crippen molar-refractivity contribution < 1.29 is 13.9 Å². The summed E-state index contributed by atoms with van der Waals surface area (Å²) < 4.78 is 27.3. The molecule has 116 valence electrons. The fraction of sp³-hybridized carbons (Fsp3) is 0.375. The molecule has 4 nitrogen and oxygen atoms in total. The lowest BCUT2D eigenvalue weighted by Crippen LogP contribution is -2.25. The van der Waals surface area contributed by atoms with Gasteiger partial charge in [0.05, 0.1) is 24.7 Å². The van der Waals surface area contributed by atoms with Crippen LogP contribution in [0.15, 0.2) is 35.4 Å². The van der Waals surface area contributed by atoms with Crippen LogP contribution in [0.5, 0.6) is 0 Å². The van der Waals surface area contributed by atoms with Crippen LogP contribution in [0.4, 0.5) is 8.78 Å². The van der Waals surface area contributed by atoms with Crippen LogP contribution in [0.3, 0.4) is 0 Å². The lowest BCUT2D eigenvalue weighted by molar-refractivity contribution is 0.154. The van der Waals surface area contributed by atoms with Gasteiger partial charge in [-0.3, -0.25) is 9.36 Å². The maximum atomic E-state index is 13.2. The molecule has 1 heterocycles. The lowest BCUT2D eigenvalue weighted by Gasteiger charge is -2.24. The minimum Gasteiger partial charge on any atom is -0.387 e. The Hall–Kier alpha value is -2.08. The van der Waals surface area contributed by atoms with Gasteiger partial charge in [0.25, 0.3) is 5.56 Å². The summed E-state index contributed by atoms with van der Waals surface area (Å²) in [4.78, 5) is 16.3. The standard InChI is InChI=1S/C16H16F2N2O2/c17-12-5-4-11(6-13(12)18)15(21)8-20-9-19-14(7-16(20)22)10-2-1-3-10/h4-7,9-10,15,21H,1-3,8H2. The fourth-order valence-corrected chi connectivity index (χ4v) is 2.52. The first-order valence-electron chi connectivity index (χ1n) is 7.24. The molecule has 0 spiro atoms. The summed E-state index contributed by atoms with van der Waals surface area (Å²) in [5, 5.41) is 10.1. The van der Waals surface area contributed by atoms with E-state index in [1.54, 1.807) is 0 Å². The third-order valence-corrected chi connectivity index (χ3v) is 4.12. The quantitative estimate of drug-likeness (QED) is 0.944. The van der Waals surface area contributed by atoms with Crippen molar-refractivity contribution in [2.45, 2.75) is 37.8 Å². The van der Waals surface area contributed by atoms with Gasteiger partial charge in [-0.2, -0.15) is 0 Å². The van der Waals surface area contributed by atoms with Gasteiger partial charge < -0.3 is 5.11 Å². The number of halogens is 2. The van der Waals surface area contributed by atoms with E-state index < -0.39 is 17.7 Å². The van der Waals surface area contributed by atoms with Gasteiger partial charge in [0.15, 0.2) is 11.6 Å². The summed E-state index contributed by atoms with van der Waals surface area (Å²) in [5.74, 6) is -1.64. The molecule has 0 amide bonds. The zero-order chi connectivity index (χ0) is 15.7. The number of aromatic nitrogens is 2. The van der Waals surface area contributed by atoms with Gasteiger partial charge >= 0.3 is 0 Å². The SMILES string of the molecule is O=c1cc(C2CCC2)ncn1CC(O)c1ccc(F)c(F)c1. The van der Waals surface area contributed by atoms with Crippen molar-refractivity contribution in [3.05, 3.63) is 63.8 Å². The summed E-state index contributed by atoms with van der Waals surface area (Å²) in [5.41, 5.74) is 0.752. The monoisotopic (exact) mass is 306 g/mol. The molecule has 1 atom stereocenters. The molecule has 1 aromatic carbocycles. The third-order valence-electron chi connectivity index (χ3n) is 4.12. The highest BCUT2D eigenvalue weighted by Gasteiger charge is 2.21. The van der Waals surface area contributed by atoms with Gasteiger partial charge in [-0.05, 0) is 30.5 Å². The van der Waals surface area contributed by atoms with Crippen molar-refractivity contribution in [3.63, 3.8) is 0 Å². The molecular weight excluding hydrogens is 290 g/mol. The van der Waals surface area contributed by atoms with E-state index in [1.807, 2.05) is 0 Å². The van der Waals surface area contributed by atoms with Crippen LogP contribution in [0.25, 0.3) is 0 Å². The van der Waals surface area contributed by atoms with E-state index in [1.165, 1.54) is 23.0 Å². The van der Waals surface area contributed by atoms with Crippen molar-refractivity contribution in [3.8, 4) is 0 Å². The average molecular weight is 306 g/mol. The second kappa shape index (κ2) is 5.96. The van der Waals surface area contributed by atoms with Crippen LogP contribution in [-0.2, 0) is 6.54 Å². The summed E-state index contributed by atoms with van der Waals surface area (Å²) >= 11 is 0. The number of rotatable bonds is 4. The van der Waals surface area contributed by atoms with E-state index in [-0.39, 0.29) is 17.7 Å². The van der Waals surface area contributed by atoms with Gasteiger partial charge in [-0.15, -0.1) is 0 Å². The molecule has 0 radical (unpaired) electrons. The molecule has 0 aliphatic heterocycles. The van der Waals surface area contributed by atoms with Crippen LogP contribution in [-0.4, -0.2) is 14.7 Å². The van der Waals surface area contributed by atoms with Gasteiger partial charge in [0, 0.05) is 12.0 Å². The van der Waals surface area contributed by atoms with Crippen molar-refractivity contribution in [1.29, 1.82) is 0 Å². The summed E-state index contributed by atoms with van der Waals surface area (Å²) in [6.07, 6.45) is 3.55. The average Bonchev–Trinajstić information content (AvgIpc) is 2.43. The first-order chi connectivity index (χ1) is 10.5. The number of hydrogen-bond acceptors (Lipinski definition) is 3. The molecule has 2 aromatic rings. The van der Waals surface area contributed by atoms with Gasteiger partial charge in [0.2, 0.25) is 0 Å². The van der Waals surface area contributed by atoms with E-state index in [0.29, 0.717) is 5.92 Å². The van der Waals surface area contributed by atoms with E-state index in [2.05, 4.69) is 4.98 Å². The van der Waals surface area contributed by atoms with E-state index in [4.69, 9.17) is 0 Å². The van der Waals surface area contributed by atoms with Crippen LogP contribution >= 0.6 is 0 Å². The smallest absolute Gasteiger partial charge is 0.253 e. The molecule has 1 unspecified atom stereocenters. The second-order valence-corrected chi connectivity index (χ2v) is 5.62. The minimum absolute atomic E-state index is 0.0537. The Balaban J connectivity index is 1.77. The third kappa shape index (κ3) is 2.92. The van der Waals surface area contributed by atoms with Crippen molar-refractivity contribution in [2.75, 3.05) is 0 Å². The molecule has 1 N–H and O–H groups in total. The molecule has 3 rings (SSSR count). The summed E-state index contributed by atoms with van der Waals surface area (Å²) in [6.45, 7) is -0.0537. The zero-order valence-electron chi connectivity index (χ0n) is 11.9. The molecule has 1 fully saturated rings. The lowest BCUT2D eigenvalue weighted by atomic mass is 9.83. The predicted molar refractivity (Wildman–Crippen MR) is 76.4 cm³/mol. The van der Waals surface area contributed by atoms with Crippen molar-refractivity contribution >= 4 is 0 Å². The highest BCUT2D eigenvalue weighted by atomic mass is 19.2. The molecule has 1 saturated carbocycles. The second-order valence-electron chi connectivity index (χ2n) is 5.62. The molecule has 6 heteroatoms. The maximum absolute atomic E-state index is 13.2. The Kier molecular flexibility index (Phi) is 4.02. The first-order valence-corrected chi connectivity index (χ1v) is 7.24. The Bertz CT molecular complexity index is 741. The number of aliphatic hydroxyl groups is 1. The normalized spacial score (nSPS) is 16.3. The number of hydrogen-bond donors (Lipinski definition) is 1. The zero-order valence-corrected chi connectivity index (χ0v) is 11.9. The van der Waals surface area contributed by atoms with Gasteiger partial charge in [-0.25, -0.2) is 13.8 Å². The Morgan fingerprint density at radius 3 is 2.64 bits per heavy atom. The molecule has 1 aliphatic rings. The minimum atomic E-state index is -1.11. The van der Waals surface area contributed by atoms with Crippen LogP contribution in [0, 0.1) is 11.6 Å². The predicted octanol–water partition coefficient (Wildman–Crippen LogP) is 2.52. The maximum Gasteiger partial charge on any atom is 0.253 e. The number of aliphatic hydroxyl groups excluding tert-OH is 1. The molecule has 1 aliphatic carbocycles.